The molecule has 0 unspecified atom stereocenters. The fourth-order valence-electron chi connectivity index (χ4n) is 2.17. The normalized spacial score (nSPS) is 24.5. The molecule has 0 aliphatic carbocycles. The Morgan fingerprint density at radius 2 is 2.06 bits per heavy atom. The Kier molecular flexibility index (Phi) is 4.38. The summed E-state index contributed by atoms with van der Waals surface area (Å²) in [6.07, 6.45) is 6.19. The van der Waals surface area contributed by atoms with Crippen molar-refractivity contribution in [2.45, 2.75) is 57.7 Å². The summed E-state index contributed by atoms with van der Waals surface area (Å²) in [6.45, 7) is 13.2. The highest BCUT2D eigenvalue weighted by Crippen LogP contribution is 2.29. The molecule has 1 saturated heterocycles. The molecule has 1 fully saturated rings. The number of amides is 1. The van der Waals surface area contributed by atoms with Crippen molar-refractivity contribution in [1.82, 2.24) is 4.90 Å². The Hall–Kier alpha value is -1.25. The second-order valence-corrected chi connectivity index (χ2v) is 5.45. The SMILES string of the molecule is C=CC[C@H]1CC[C@@H](C=C)N1C(=O)OC(C)(C)C. The standard InChI is InChI=1S/C14H23NO2/c1-6-8-12-10-9-11(7-2)15(12)13(16)17-14(3,4)5/h6-7,11-12H,1-2,8-10H2,3-5H3/t11-,12+/m1/s1. The average molecular weight is 237 g/mol. The fourth-order valence-corrected chi connectivity index (χ4v) is 2.17. The van der Waals surface area contributed by atoms with Gasteiger partial charge in [0.05, 0.1) is 6.04 Å². The van der Waals surface area contributed by atoms with Gasteiger partial charge in [-0.05, 0) is 40.0 Å². The number of ether oxygens (including phenoxy) is 1. The van der Waals surface area contributed by atoms with E-state index in [1.807, 2.05) is 32.9 Å². The van der Waals surface area contributed by atoms with Crippen molar-refractivity contribution >= 4 is 6.09 Å². The maximum atomic E-state index is 12.1. The first-order chi connectivity index (χ1) is 7.89. The summed E-state index contributed by atoms with van der Waals surface area (Å²) in [7, 11) is 0. The third kappa shape index (κ3) is 3.62. The van der Waals surface area contributed by atoms with Gasteiger partial charge < -0.3 is 4.74 Å². The molecule has 0 N–H and O–H groups in total. The van der Waals surface area contributed by atoms with E-state index in [-0.39, 0.29) is 18.2 Å². The highest BCUT2D eigenvalue weighted by atomic mass is 16.6. The molecule has 17 heavy (non-hydrogen) atoms. The van der Waals surface area contributed by atoms with Gasteiger partial charge in [0.25, 0.3) is 0 Å². The second kappa shape index (κ2) is 5.39. The van der Waals surface area contributed by atoms with Gasteiger partial charge >= 0.3 is 6.09 Å². The highest BCUT2D eigenvalue weighted by Gasteiger charge is 2.36. The van der Waals surface area contributed by atoms with Crippen LogP contribution >= 0.6 is 0 Å². The molecule has 0 saturated carbocycles. The first-order valence-corrected chi connectivity index (χ1v) is 6.14. The third-order valence-electron chi connectivity index (χ3n) is 2.86. The van der Waals surface area contributed by atoms with Crippen LogP contribution in [0.4, 0.5) is 4.79 Å². The molecule has 96 valence electrons. The summed E-state index contributed by atoms with van der Waals surface area (Å²) in [6, 6.07) is 0.292. The van der Waals surface area contributed by atoms with Crippen LogP contribution in [0.5, 0.6) is 0 Å². The Morgan fingerprint density at radius 1 is 1.41 bits per heavy atom. The van der Waals surface area contributed by atoms with Gasteiger partial charge in [-0.1, -0.05) is 12.2 Å². The fraction of sp³-hybridized carbons (Fsp3) is 0.643. The molecule has 0 aromatic heterocycles. The number of hydrogen-bond donors (Lipinski definition) is 0. The molecule has 0 aromatic carbocycles. The van der Waals surface area contributed by atoms with E-state index < -0.39 is 5.60 Å². The van der Waals surface area contributed by atoms with Crippen LogP contribution in [0.1, 0.15) is 40.0 Å². The van der Waals surface area contributed by atoms with E-state index in [9.17, 15) is 4.79 Å². The van der Waals surface area contributed by atoms with Crippen molar-refractivity contribution in [2.24, 2.45) is 0 Å². The topological polar surface area (TPSA) is 29.5 Å². The number of carbonyl (C=O) groups excluding carboxylic acids is 1. The van der Waals surface area contributed by atoms with Crippen molar-refractivity contribution in [3.63, 3.8) is 0 Å². The first kappa shape index (κ1) is 13.8. The smallest absolute Gasteiger partial charge is 0.411 e. The number of rotatable bonds is 3. The monoisotopic (exact) mass is 237 g/mol. The van der Waals surface area contributed by atoms with Crippen LogP contribution in [-0.4, -0.2) is 28.7 Å². The molecular formula is C14H23NO2. The molecule has 3 nitrogen and oxygen atoms in total. The predicted octanol–water partition coefficient (Wildman–Crippen LogP) is 3.52. The minimum atomic E-state index is -0.454. The van der Waals surface area contributed by atoms with Crippen LogP contribution in [0.3, 0.4) is 0 Å². The van der Waals surface area contributed by atoms with Crippen LogP contribution in [0.25, 0.3) is 0 Å². The average Bonchev–Trinajstić information content (AvgIpc) is 2.58. The molecule has 0 radical (unpaired) electrons. The van der Waals surface area contributed by atoms with Gasteiger partial charge in [-0.3, -0.25) is 4.90 Å². The van der Waals surface area contributed by atoms with Crippen molar-refractivity contribution in [3.8, 4) is 0 Å². The lowest BCUT2D eigenvalue weighted by Gasteiger charge is -2.31. The van der Waals surface area contributed by atoms with Crippen LogP contribution in [0.15, 0.2) is 25.3 Å². The van der Waals surface area contributed by atoms with E-state index >= 15 is 0 Å². The summed E-state index contributed by atoms with van der Waals surface area (Å²) < 4.78 is 5.44. The molecule has 1 aliphatic rings. The van der Waals surface area contributed by atoms with Gasteiger partial charge in [0.2, 0.25) is 0 Å². The lowest BCUT2D eigenvalue weighted by Crippen LogP contribution is -2.43. The summed E-state index contributed by atoms with van der Waals surface area (Å²) in [5.74, 6) is 0. The summed E-state index contributed by atoms with van der Waals surface area (Å²) in [5, 5.41) is 0. The number of carbonyl (C=O) groups is 1. The van der Waals surface area contributed by atoms with E-state index in [2.05, 4.69) is 13.2 Å². The van der Waals surface area contributed by atoms with Crippen LogP contribution in [-0.2, 0) is 4.74 Å². The third-order valence-corrected chi connectivity index (χ3v) is 2.86. The Bertz CT molecular complexity index is 304. The van der Waals surface area contributed by atoms with E-state index in [0.29, 0.717) is 0 Å². The second-order valence-electron chi connectivity index (χ2n) is 5.45. The lowest BCUT2D eigenvalue weighted by molar-refractivity contribution is 0.0183. The van der Waals surface area contributed by atoms with Crippen LogP contribution in [0, 0.1) is 0 Å². The predicted molar refractivity (Wildman–Crippen MR) is 69.9 cm³/mol. The minimum Gasteiger partial charge on any atom is -0.444 e. The number of likely N-dealkylation sites (tertiary alicyclic amines) is 1. The number of hydrogen-bond acceptors (Lipinski definition) is 2. The minimum absolute atomic E-state index is 0.0924. The van der Waals surface area contributed by atoms with Gasteiger partial charge in [-0.15, -0.1) is 13.2 Å². The molecule has 0 aromatic rings. The van der Waals surface area contributed by atoms with Gasteiger partial charge in [0.15, 0.2) is 0 Å². The molecule has 1 aliphatic heterocycles. The van der Waals surface area contributed by atoms with Crippen LogP contribution in [0.2, 0.25) is 0 Å². The van der Waals surface area contributed by atoms with E-state index in [1.54, 1.807) is 4.90 Å². The van der Waals surface area contributed by atoms with E-state index in [0.717, 1.165) is 19.3 Å². The maximum absolute atomic E-state index is 12.1. The van der Waals surface area contributed by atoms with Crippen LogP contribution < -0.4 is 0 Å². The molecule has 1 amide bonds. The van der Waals surface area contributed by atoms with Gasteiger partial charge in [-0.25, -0.2) is 4.79 Å². The molecule has 3 heteroatoms. The Labute approximate surface area is 104 Å². The van der Waals surface area contributed by atoms with E-state index in [1.165, 1.54) is 0 Å². The van der Waals surface area contributed by atoms with Gasteiger partial charge in [0.1, 0.15) is 5.60 Å². The van der Waals surface area contributed by atoms with Gasteiger partial charge in [0, 0.05) is 6.04 Å². The van der Waals surface area contributed by atoms with E-state index in [4.69, 9.17) is 4.74 Å². The Balaban J connectivity index is 2.77. The zero-order valence-corrected chi connectivity index (χ0v) is 11.1. The highest BCUT2D eigenvalue weighted by molar-refractivity contribution is 5.69. The lowest BCUT2D eigenvalue weighted by atomic mass is 10.1. The first-order valence-electron chi connectivity index (χ1n) is 6.14. The van der Waals surface area contributed by atoms with Crippen molar-refractivity contribution in [2.75, 3.05) is 0 Å². The molecule has 1 heterocycles. The molecular weight excluding hydrogens is 214 g/mol. The molecule has 0 bridgehead atoms. The molecule has 0 spiro atoms. The summed E-state index contributed by atoms with van der Waals surface area (Å²) in [5.41, 5.74) is -0.454. The Morgan fingerprint density at radius 3 is 2.53 bits per heavy atom. The van der Waals surface area contributed by atoms with Crippen molar-refractivity contribution in [3.05, 3.63) is 25.3 Å². The summed E-state index contributed by atoms with van der Waals surface area (Å²) >= 11 is 0. The largest absolute Gasteiger partial charge is 0.444 e. The van der Waals surface area contributed by atoms with Crippen molar-refractivity contribution in [1.29, 1.82) is 0 Å². The number of nitrogens with zero attached hydrogens (tertiary/aromatic N) is 1. The van der Waals surface area contributed by atoms with Gasteiger partial charge in [-0.2, -0.15) is 0 Å². The zero-order chi connectivity index (χ0) is 13.1. The quantitative estimate of drug-likeness (QED) is 0.703. The molecule has 1 rings (SSSR count). The summed E-state index contributed by atoms with van der Waals surface area (Å²) in [4.78, 5) is 13.9. The zero-order valence-electron chi connectivity index (χ0n) is 11.1. The molecule has 2 atom stereocenters. The maximum Gasteiger partial charge on any atom is 0.411 e. The van der Waals surface area contributed by atoms with Crippen molar-refractivity contribution < 1.29 is 9.53 Å².